The fourth-order valence-corrected chi connectivity index (χ4v) is 2.77. The number of hydrogen-bond donors (Lipinski definition) is 0. The van der Waals surface area contributed by atoms with Crippen molar-refractivity contribution in [3.05, 3.63) is 65.0 Å². The Labute approximate surface area is 132 Å². The van der Waals surface area contributed by atoms with E-state index in [1.807, 2.05) is 37.3 Å². The molecular formula is C17H15N5O. The molecule has 0 N–H and O–H groups in total. The Morgan fingerprint density at radius 1 is 1.04 bits per heavy atom. The van der Waals surface area contributed by atoms with Crippen molar-refractivity contribution in [3.63, 3.8) is 0 Å². The molecule has 0 amide bonds. The summed E-state index contributed by atoms with van der Waals surface area (Å²) >= 11 is 0. The van der Waals surface area contributed by atoms with Crippen molar-refractivity contribution in [1.29, 1.82) is 0 Å². The Kier molecular flexibility index (Phi) is 3.15. The number of fused-ring (bicyclic) bond motifs is 3. The van der Waals surface area contributed by atoms with Gasteiger partial charge in [-0.1, -0.05) is 30.3 Å². The average molecular weight is 305 g/mol. The number of aromatic nitrogens is 5. The number of benzene rings is 1. The molecule has 0 atom stereocenters. The second-order valence-corrected chi connectivity index (χ2v) is 5.38. The fraction of sp³-hybridized carbons (Fsp3) is 0.176. The van der Waals surface area contributed by atoms with Crippen molar-refractivity contribution in [1.82, 2.24) is 24.3 Å². The molecule has 0 aliphatic carbocycles. The maximum absolute atomic E-state index is 12.7. The van der Waals surface area contributed by atoms with Crippen LogP contribution in [-0.2, 0) is 13.1 Å². The van der Waals surface area contributed by atoms with Crippen molar-refractivity contribution in [2.24, 2.45) is 0 Å². The monoisotopic (exact) mass is 305 g/mol. The van der Waals surface area contributed by atoms with Gasteiger partial charge in [0.15, 0.2) is 5.65 Å². The average Bonchev–Trinajstić information content (AvgIpc) is 3.01. The Hall–Kier alpha value is -3.02. The molecule has 3 heterocycles. The van der Waals surface area contributed by atoms with Gasteiger partial charge < -0.3 is 0 Å². The normalized spacial score (nSPS) is 11.3. The predicted octanol–water partition coefficient (Wildman–Crippen LogP) is 2.21. The first-order valence-corrected chi connectivity index (χ1v) is 7.51. The van der Waals surface area contributed by atoms with E-state index in [2.05, 4.69) is 15.1 Å². The van der Waals surface area contributed by atoms with E-state index in [0.717, 1.165) is 23.1 Å². The summed E-state index contributed by atoms with van der Waals surface area (Å²) < 4.78 is 3.40. The lowest BCUT2D eigenvalue weighted by atomic mass is 10.2. The summed E-state index contributed by atoms with van der Waals surface area (Å²) in [6, 6.07) is 9.85. The highest BCUT2D eigenvalue weighted by Gasteiger charge is 2.12. The second kappa shape index (κ2) is 5.31. The Bertz CT molecular complexity index is 1050. The highest BCUT2D eigenvalue weighted by Crippen LogP contribution is 2.19. The van der Waals surface area contributed by atoms with Gasteiger partial charge >= 0.3 is 0 Å². The summed E-state index contributed by atoms with van der Waals surface area (Å²) in [6.45, 7) is 3.23. The van der Waals surface area contributed by atoms with Gasteiger partial charge in [-0.2, -0.15) is 5.10 Å². The van der Waals surface area contributed by atoms with Crippen LogP contribution in [0.4, 0.5) is 0 Å². The van der Waals surface area contributed by atoms with Gasteiger partial charge in [0.25, 0.3) is 5.56 Å². The zero-order chi connectivity index (χ0) is 15.8. The van der Waals surface area contributed by atoms with Crippen LogP contribution in [0.25, 0.3) is 21.9 Å². The van der Waals surface area contributed by atoms with Crippen LogP contribution < -0.4 is 5.56 Å². The zero-order valence-corrected chi connectivity index (χ0v) is 12.7. The SMILES string of the molecule is CCn1ncc2c3ncn(Cc4ccccc4)c(=O)c3cnc21. The van der Waals surface area contributed by atoms with Gasteiger partial charge in [0.05, 0.1) is 35.4 Å². The van der Waals surface area contributed by atoms with Crippen molar-refractivity contribution in [3.8, 4) is 0 Å². The molecule has 0 saturated carbocycles. The predicted molar refractivity (Wildman–Crippen MR) is 88.3 cm³/mol. The van der Waals surface area contributed by atoms with Gasteiger partial charge in [-0.15, -0.1) is 0 Å². The van der Waals surface area contributed by atoms with Gasteiger partial charge in [-0.3, -0.25) is 9.36 Å². The van der Waals surface area contributed by atoms with Crippen LogP contribution in [-0.4, -0.2) is 24.3 Å². The molecule has 0 spiro atoms. The number of aryl methyl sites for hydroxylation is 1. The molecule has 0 bridgehead atoms. The van der Waals surface area contributed by atoms with Crippen LogP contribution in [0.2, 0.25) is 0 Å². The Morgan fingerprint density at radius 2 is 1.87 bits per heavy atom. The largest absolute Gasteiger partial charge is 0.294 e. The van der Waals surface area contributed by atoms with E-state index in [1.54, 1.807) is 28.0 Å². The van der Waals surface area contributed by atoms with Crippen LogP contribution in [0, 0.1) is 0 Å². The smallest absolute Gasteiger partial charge is 0.263 e. The van der Waals surface area contributed by atoms with Crippen LogP contribution in [0.5, 0.6) is 0 Å². The number of hydrogen-bond acceptors (Lipinski definition) is 4. The minimum atomic E-state index is -0.0856. The third-order valence-corrected chi connectivity index (χ3v) is 3.95. The summed E-state index contributed by atoms with van der Waals surface area (Å²) in [5, 5.41) is 5.62. The first-order chi connectivity index (χ1) is 11.3. The maximum Gasteiger partial charge on any atom is 0.263 e. The van der Waals surface area contributed by atoms with Crippen LogP contribution in [0.3, 0.4) is 0 Å². The third-order valence-electron chi connectivity index (χ3n) is 3.95. The Morgan fingerprint density at radius 3 is 2.65 bits per heavy atom. The minimum Gasteiger partial charge on any atom is -0.294 e. The molecule has 0 radical (unpaired) electrons. The van der Waals surface area contributed by atoms with Gasteiger partial charge in [-0.05, 0) is 12.5 Å². The molecule has 3 aromatic heterocycles. The van der Waals surface area contributed by atoms with E-state index in [1.165, 1.54) is 0 Å². The van der Waals surface area contributed by atoms with Crippen LogP contribution >= 0.6 is 0 Å². The molecule has 0 aliphatic rings. The van der Waals surface area contributed by atoms with E-state index in [0.29, 0.717) is 17.4 Å². The summed E-state index contributed by atoms with van der Waals surface area (Å²) in [7, 11) is 0. The maximum atomic E-state index is 12.7. The zero-order valence-electron chi connectivity index (χ0n) is 12.7. The van der Waals surface area contributed by atoms with Gasteiger partial charge in [0, 0.05) is 12.7 Å². The van der Waals surface area contributed by atoms with Crippen LogP contribution in [0.1, 0.15) is 12.5 Å². The van der Waals surface area contributed by atoms with Gasteiger partial charge in [0.2, 0.25) is 0 Å². The molecule has 4 rings (SSSR count). The van der Waals surface area contributed by atoms with E-state index in [9.17, 15) is 4.79 Å². The van der Waals surface area contributed by atoms with Gasteiger partial charge in [-0.25, -0.2) is 14.6 Å². The summed E-state index contributed by atoms with van der Waals surface area (Å²) in [5.74, 6) is 0. The van der Waals surface area contributed by atoms with E-state index >= 15 is 0 Å². The molecule has 23 heavy (non-hydrogen) atoms. The quantitative estimate of drug-likeness (QED) is 0.582. The molecule has 6 nitrogen and oxygen atoms in total. The van der Waals surface area contributed by atoms with Crippen molar-refractivity contribution >= 4 is 21.9 Å². The number of pyridine rings is 1. The lowest BCUT2D eigenvalue weighted by molar-refractivity contribution is 0.677. The molecule has 1 aromatic carbocycles. The van der Waals surface area contributed by atoms with Gasteiger partial charge in [0.1, 0.15) is 0 Å². The molecule has 0 saturated heterocycles. The van der Waals surface area contributed by atoms with Crippen LogP contribution in [0.15, 0.2) is 53.8 Å². The summed E-state index contributed by atoms with van der Waals surface area (Å²) in [6.07, 6.45) is 4.92. The highest BCUT2D eigenvalue weighted by molar-refractivity contribution is 6.00. The lowest BCUT2D eigenvalue weighted by Crippen LogP contribution is -2.21. The van der Waals surface area contributed by atoms with Crippen molar-refractivity contribution in [2.75, 3.05) is 0 Å². The van der Waals surface area contributed by atoms with E-state index in [-0.39, 0.29) is 5.56 Å². The summed E-state index contributed by atoms with van der Waals surface area (Å²) in [4.78, 5) is 21.6. The first kappa shape index (κ1) is 13.6. The highest BCUT2D eigenvalue weighted by atomic mass is 16.1. The molecular weight excluding hydrogens is 290 g/mol. The molecule has 114 valence electrons. The Balaban J connectivity index is 1.89. The number of rotatable bonds is 3. The molecule has 0 fully saturated rings. The number of nitrogens with zero attached hydrogens (tertiary/aromatic N) is 5. The van der Waals surface area contributed by atoms with E-state index in [4.69, 9.17) is 0 Å². The third kappa shape index (κ3) is 2.19. The lowest BCUT2D eigenvalue weighted by Gasteiger charge is -2.07. The van der Waals surface area contributed by atoms with E-state index < -0.39 is 0 Å². The van der Waals surface area contributed by atoms with Crippen molar-refractivity contribution < 1.29 is 0 Å². The fourth-order valence-electron chi connectivity index (χ4n) is 2.77. The van der Waals surface area contributed by atoms with Crippen molar-refractivity contribution in [2.45, 2.75) is 20.0 Å². The molecule has 4 aromatic rings. The second-order valence-electron chi connectivity index (χ2n) is 5.38. The molecule has 0 unspecified atom stereocenters. The standard InChI is InChI=1S/C17H15N5O/c1-2-22-16-13(9-20-22)15-14(8-18-16)17(23)21(11-19-15)10-12-6-4-3-5-7-12/h3-9,11H,2,10H2,1H3. The topological polar surface area (TPSA) is 65.6 Å². The molecule has 0 aliphatic heterocycles. The summed E-state index contributed by atoms with van der Waals surface area (Å²) in [5.41, 5.74) is 2.39. The molecule has 6 heteroatoms. The first-order valence-electron chi connectivity index (χ1n) is 7.51. The minimum absolute atomic E-state index is 0.0856.